The number of aromatic nitrogens is 2. The molecule has 1 N–H and O–H groups in total. The fourth-order valence-corrected chi connectivity index (χ4v) is 2.69. The van der Waals surface area contributed by atoms with Gasteiger partial charge in [0.1, 0.15) is 23.0 Å². The molecule has 3 rings (SSSR count). The van der Waals surface area contributed by atoms with Crippen molar-refractivity contribution in [2.45, 2.75) is 25.9 Å². The number of alkyl halides is 3. The molecule has 2 heterocycles. The molecule has 0 fully saturated rings. The van der Waals surface area contributed by atoms with Crippen LogP contribution in [0, 0.1) is 11.6 Å². The van der Waals surface area contributed by atoms with E-state index in [-0.39, 0.29) is 17.0 Å². The summed E-state index contributed by atoms with van der Waals surface area (Å²) in [6.07, 6.45) is -2.92. The van der Waals surface area contributed by atoms with Crippen LogP contribution >= 0.6 is 0 Å². The Morgan fingerprint density at radius 1 is 1.19 bits per heavy atom. The van der Waals surface area contributed by atoms with Gasteiger partial charge in [0.2, 0.25) is 0 Å². The number of carbonyl (C=O) groups excluding carboxylic acids is 1. The summed E-state index contributed by atoms with van der Waals surface area (Å²) in [6.45, 7) is 1.82. The summed E-state index contributed by atoms with van der Waals surface area (Å²) in [5.74, 6) is -2.51. The van der Waals surface area contributed by atoms with Crippen molar-refractivity contribution in [3.8, 4) is 0 Å². The van der Waals surface area contributed by atoms with Gasteiger partial charge in [-0.15, -0.1) is 0 Å². The number of halogens is 5. The Balaban J connectivity index is 2.10. The number of fused-ring (bicyclic) bond motifs is 1. The zero-order valence-corrected chi connectivity index (χ0v) is 14.1. The number of pyridine rings is 1. The van der Waals surface area contributed by atoms with E-state index in [1.54, 1.807) is 0 Å². The number of rotatable bonds is 4. The highest BCUT2D eigenvalue weighted by atomic mass is 19.4. The van der Waals surface area contributed by atoms with Crippen LogP contribution in [0.1, 0.15) is 35.1 Å². The van der Waals surface area contributed by atoms with Crippen molar-refractivity contribution in [3.05, 3.63) is 65.1 Å². The zero-order chi connectivity index (χ0) is 19.8. The molecule has 0 unspecified atom stereocenters. The minimum absolute atomic E-state index is 0.149. The van der Waals surface area contributed by atoms with Crippen LogP contribution in [0.3, 0.4) is 0 Å². The second-order valence-electron chi connectivity index (χ2n) is 5.88. The standard InChI is InChI=1S/C18H14F5N3O/c1-2-3-13-16(17(27)25-14-8-11(19)5-6-12(14)20)26-9-10(18(21,22)23)4-7-15(26)24-13/h4-9H,2-3H2,1H3,(H,25,27). The lowest BCUT2D eigenvalue weighted by molar-refractivity contribution is -0.137. The average molecular weight is 383 g/mol. The Morgan fingerprint density at radius 3 is 2.59 bits per heavy atom. The molecule has 0 aliphatic rings. The van der Waals surface area contributed by atoms with Crippen molar-refractivity contribution in [2.24, 2.45) is 0 Å². The Kier molecular flexibility index (Phi) is 4.86. The van der Waals surface area contributed by atoms with Gasteiger partial charge in [0.15, 0.2) is 0 Å². The largest absolute Gasteiger partial charge is 0.417 e. The van der Waals surface area contributed by atoms with Crippen LogP contribution < -0.4 is 5.32 Å². The molecule has 0 atom stereocenters. The Bertz CT molecular complexity index is 1010. The van der Waals surface area contributed by atoms with Crippen molar-refractivity contribution in [2.75, 3.05) is 5.32 Å². The van der Waals surface area contributed by atoms with E-state index >= 15 is 0 Å². The Hall–Kier alpha value is -2.97. The maximum absolute atomic E-state index is 13.8. The normalized spacial score (nSPS) is 11.8. The van der Waals surface area contributed by atoms with Crippen LogP contribution in [-0.2, 0) is 12.6 Å². The van der Waals surface area contributed by atoms with E-state index in [2.05, 4.69) is 10.3 Å². The lowest BCUT2D eigenvalue weighted by Crippen LogP contribution is -2.18. The van der Waals surface area contributed by atoms with Crippen molar-refractivity contribution in [1.82, 2.24) is 9.38 Å². The van der Waals surface area contributed by atoms with E-state index in [4.69, 9.17) is 0 Å². The van der Waals surface area contributed by atoms with Gasteiger partial charge >= 0.3 is 6.18 Å². The minimum atomic E-state index is -4.61. The third-order valence-electron chi connectivity index (χ3n) is 3.90. The fraction of sp³-hybridized carbons (Fsp3) is 0.222. The van der Waals surface area contributed by atoms with Gasteiger partial charge in [-0.25, -0.2) is 13.8 Å². The van der Waals surface area contributed by atoms with E-state index < -0.39 is 35.0 Å². The van der Waals surface area contributed by atoms with Crippen molar-refractivity contribution in [3.63, 3.8) is 0 Å². The minimum Gasteiger partial charge on any atom is -0.318 e. The summed E-state index contributed by atoms with van der Waals surface area (Å²) in [4.78, 5) is 16.9. The summed E-state index contributed by atoms with van der Waals surface area (Å²) < 4.78 is 67.2. The molecule has 9 heteroatoms. The number of hydrogen-bond donors (Lipinski definition) is 1. The first-order chi connectivity index (χ1) is 12.7. The van der Waals surface area contributed by atoms with E-state index in [0.717, 1.165) is 40.9 Å². The lowest BCUT2D eigenvalue weighted by Gasteiger charge is -2.10. The molecule has 27 heavy (non-hydrogen) atoms. The molecular formula is C18H14F5N3O. The molecule has 0 saturated heterocycles. The monoisotopic (exact) mass is 383 g/mol. The van der Waals surface area contributed by atoms with Crippen LogP contribution in [0.15, 0.2) is 36.5 Å². The van der Waals surface area contributed by atoms with Crippen LogP contribution in [0.5, 0.6) is 0 Å². The van der Waals surface area contributed by atoms with E-state index in [0.29, 0.717) is 12.8 Å². The smallest absolute Gasteiger partial charge is 0.318 e. The molecule has 2 aromatic heterocycles. The highest BCUT2D eigenvalue weighted by Gasteiger charge is 2.32. The maximum atomic E-state index is 13.8. The number of nitrogens with zero attached hydrogens (tertiary/aromatic N) is 2. The fourth-order valence-electron chi connectivity index (χ4n) is 2.69. The number of aryl methyl sites for hydroxylation is 1. The number of nitrogens with one attached hydrogen (secondary N) is 1. The van der Waals surface area contributed by atoms with Gasteiger partial charge in [-0.2, -0.15) is 13.2 Å². The molecule has 0 radical (unpaired) electrons. The highest BCUT2D eigenvalue weighted by Crippen LogP contribution is 2.30. The first-order valence-electron chi connectivity index (χ1n) is 8.05. The first-order valence-corrected chi connectivity index (χ1v) is 8.05. The summed E-state index contributed by atoms with van der Waals surface area (Å²) >= 11 is 0. The number of benzene rings is 1. The Labute approximate surface area is 150 Å². The predicted molar refractivity (Wildman–Crippen MR) is 88.5 cm³/mol. The van der Waals surface area contributed by atoms with E-state index in [9.17, 15) is 26.7 Å². The number of imidazole rings is 1. The molecule has 3 aromatic rings. The first kappa shape index (κ1) is 18.8. The molecule has 1 aromatic carbocycles. The maximum Gasteiger partial charge on any atom is 0.417 e. The van der Waals surface area contributed by atoms with Crippen molar-refractivity contribution < 1.29 is 26.7 Å². The third-order valence-corrected chi connectivity index (χ3v) is 3.90. The van der Waals surface area contributed by atoms with Gasteiger partial charge in [-0.3, -0.25) is 9.20 Å². The third kappa shape index (κ3) is 3.76. The SMILES string of the molecule is CCCc1nc2ccc(C(F)(F)F)cn2c1C(=O)Nc1cc(F)ccc1F. The number of anilines is 1. The van der Waals surface area contributed by atoms with Crippen LogP contribution in [0.2, 0.25) is 0 Å². The van der Waals surface area contributed by atoms with Gasteiger partial charge in [0, 0.05) is 12.3 Å². The Morgan fingerprint density at radius 2 is 1.93 bits per heavy atom. The lowest BCUT2D eigenvalue weighted by atomic mass is 10.2. The molecule has 1 amide bonds. The topological polar surface area (TPSA) is 46.4 Å². The van der Waals surface area contributed by atoms with Crippen LogP contribution in [0.25, 0.3) is 5.65 Å². The molecule has 0 bridgehead atoms. The summed E-state index contributed by atoms with van der Waals surface area (Å²) in [7, 11) is 0. The molecule has 0 aliphatic carbocycles. The van der Waals surface area contributed by atoms with Gasteiger partial charge in [-0.1, -0.05) is 13.3 Å². The number of amides is 1. The van der Waals surface area contributed by atoms with E-state index in [1.165, 1.54) is 0 Å². The van der Waals surface area contributed by atoms with E-state index in [1.807, 2.05) is 6.92 Å². The van der Waals surface area contributed by atoms with Crippen molar-refractivity contribution in [1.29, 1.82) is 0 Å². The van der Waals surface area contributed by atoms with Gasteiger partial charge < -0.3 is 5.32 Å². The van der Waals surface area contributed by atoms with Gasteiger partial charge in [0.25, 0.3) is 5.91 Å². The number of hydrogen-bond acceptors (Lipinski definition) is 2. The highest BCUT2D eigenvalue weighted by molar-refractivity contribution is 6.04. The molecule has 0 spiro atoms. The van der Waals surface area contributed by atoms with Gasteiger partial charge in [-0.05, 0) is 30.7 Å². The molecule has 142 valence electrons. The average Bonchev–Trinajstić information content (AvgIpc) is 2.95. The summed E-state index contributed by atoms with van der Waals surface area (Å²) in [5, 5.41) is 2.21. The molecule has 4 nitrogen and oxygen atoms in total. The second kappa shape index (κ2) is 6.98. The predicted octanol–water partition coefficient (Wildman–Crippen LogP) is 4.84. The second-order valence-corrected chi connectivity index (χ2v) is 5.88. The van der Waals surface area contributed by atoms with Gasteiger partial charge in [0.05, 0.1) is 16.9 Å². The van der Waals surface area contributed by atoms with Crippen LogP contribution in [-0.4, -0.2) is 15.3 Å². The summed E-state index contributed by atoms with van der Waals surface area (Å²) in [5.41, 5.74) is -1.10. The summed E-state index contributed by atoms with van der Waals surface area (Å²) in [6, 6.07) is 4.54. The number of carbonyl (C=O) groups is 1. The molecular weight excluding hydrogens is 369 g/mol. The quantitative estimate of drug-likeness (QED) is 0.656. The molecule has 0 saturated carbocycles. The van der Waals surface area contributed by atoms with Crippen LogP contribution in [0.4, 0.5) is 27.6 Å². The van der Waals surface area contributed by atoms with Crippen molar-refractivity contribution >= 4 is 17.2 Å². The molecule has 0 aliphatic heterocycles. The zero-order valence-electron chi connectivity index (χ0n) is 14.1.